The quantitative estimate of drug-likeness (QED) is 0.838. The molecular formula is C11H15N5O. The largest absolute Gasteiger partial charge is 0.339 e. The Balaban J connectivity index is 2.21. The van der Waals surface area contributed by atoms with Crippen molar-refractivity contribution in [1.82, 2.24) is 20.1 Å². The lowest BCUT2D eigenvalue weighted by Gasteiger charge is -2.06. The zero-order valence-electron chi connectivity index (χ0n) is 9.71. The number of nitrogens with zero attached hydrogens (tertiary/aromatic N) is 4. The monoisotopic (exact) mass is 233 g/mol. The summed E-state index contributed by atoms with van der Waals surface area (Å²) in [6.07, 6.45) is 6.78. The molecular weight excluding hydrogens is 218 g/mol. The van der Waals surface area contributed by atoms with Gasteiger partial charge in [-0.15, -0.1) is 0 Å². The van der Waals surface area contributed by atoms with Crippen LogP contribution in [0.25, 0.3) is 11.5 Å². The Kier molecular flexibility index (Phi) is 3.77. The molecule has 0 radical (unpaired) electrons. The molecule has 6 heteroatoms. The van der Waals surface area contributed by atoms with Gasteiger partial charge in [0.1, 0.15) is 5.69 Å². The van der Waals surface area contributed by atoms with Crippen LogP contribution in [0.15, 0.2) is 23.1 Å². The van der Waals surface area contributed by atoms with Crippen LogP contribution in [0.1, 0.15) is 31.6 Å². The maximum absolute atomic E-state index is 5.68. The summed E-state index contributed by atoms with van der Waals surface area (Å²) in [4.78, 5) is 12.4. The Morgan fingerprint density at radius 1 is 1.41 bits per heavy atom. The molecule has 17 heavy (non-hydrogen) atoms. The number of hydrogen-bond donors (Lipinski definition) is 1. The molecule has 2 N–H and O–H groups in total. The Hall–Kier alpha value is -1.82. The molecule has 1 unspecified atom stereocenters. The third kappa shape index (κ3) is 2.65. The van der Waals surface area contributed by atoms with E-state index in [1.807, 2.05) is 0 Å². The molecule has 90 valence electrons. The maximum atomic E-state index is 5.68. The Morgan fingerprint density at radius 2 is 2.29 bits per heavy atom. The van der Waals surface area contributed by atoms with Crippen LogP contribution in [0.4, 0.5) is 0 Å². The number of hydrogen-bond acceptors (Lipinski definition) is 6. The summed E-state index contributed by atoms with van der Waals surface area (Å²) in [6, 6.07) is 0. The van der Waals surface area contributed by atoms with Gasteiger partial charge in [0.15, 0.2) is 0 Å². The van der Waals surface area contributed by atoms with E-state index in [0.717, 1.165) is 12.8 Å². The van der Waals surface area contributed by atoms with Crippen molar-refractivity contribution in [3.05, 3.63) is 24.5 Å². The van der Waals surface area contributed by atoms with Gasteiger partial charge in [-0.25, -0.2) is 4.98 Å². The molecule has 0 aliphatic rings. The summed E-state index contributed by atoms with van der Waals surface area (Å²) in [5, 5.41) is 3.89. The van der Waals surface area contributed by atoms with E-state index in [4.69, 9.17) is 10.3 Å². The molecule has 0 amide bonds. The second kappa shape index (κ2) is 5.49. The van der Waals surface area contributed by atoms with E-state index >= 15 is 0 Å². The summed E-state index contributed by atoms with van der Waals surface area (Å²) in [5.41, 5.74) is 6.29. The number of aromatic nitrogens is 4. The van der Waals surface area contributed by atoms with Crippen LogP contribution < -0.4 is 5.73 Å². The Labute approximate surface area is 99.3 Å². The lowest BCUT2D eigenvalue weighted by molar-refractivity contribution is 0.347. The molecule has 0 aromatic carbocycles. The summed E-state index contributed by atoms with van der Waals surface area (Å²) in [5.74, 6) is 1.16. The molecule has 1 atom stereocenters. The molecule has 0 aliphatic heterocycles. The van der Waals surface area contributed by atoms with Crippen LogP contribution in [-0.2, 0) is 0 Å². The number of nitrogens with two attached hydrogens (primary N) is 1. The minimum absolute atomic E-state index is 0.123. The second-order valence-corrected chi connectivity index (χ2v) is 3.77. The van der Waals surface area contributed by atoms with Crippen LogP contribution in [0.3, 0.4) is 0 Å². The zero-order chi connectivity index (χ0) is 12.1. The highest BCUT2D eigenvalue weighted by atomic mass is 16.5. The molecule has 0 spiro atoms. The summed E-state index contributed by atoms with van der Waals surface area (Å²) < 4.78 is 5.22. The molecule has 2 heterocycles. The van der Waals surface area contributed by atoms with Gasteiger partial charge >= 0.3 is 0 Å². The van der Waals surface area contributed by atoms with Crippen LogP contribution in [0.5, 0.6) is 0 Å². The van der Waals surface area contributed by atoms with E-state index in [9.17, 15) is 0 Å². The van der Waals surface area contributed by atoms with Crippen molar-refractivity contribution >= 4 is 0 Å². The van der Waals surface area contributed by atoms with E-state index < -0.39 is 0 Å². The molecule has 2 rings (SSSR count). The molecule has 2 aromatic rings. The summed E-state index contributed by atoms with van der Waals surface area (Å²) >= 11 is 0. The van der Waals surface area contributed by atoms with Crippen molar-refractivity contribution in [3.8, 4) is 11.5 Å². The van der Waals surface area contributed by atoms with Crippen LogP contribution in [0, 0.1) is 0 Å². The molecule has 0 saturated heterocycles. The third-order valence-corrected chi connectivity index (χ3v) is 2.50. The first kappa shape index (κ1) is 11.7. The molecule has 0 fully saturated rings. The van der Waals surface area contributed by atoms with Gasteiger partial charge in [0.2, 0.25) is 11.7 Å². The minimum Gasteiger partial charge on any atom is -0.339 e. The lowest BCUT2D eigenvalue weighted by atomic mass is 10.0. The lowest BCUT2D eigenvalue weighted by Crippen LogP contribution is -2.12. The fourth-order valence-corrected chi connectivity index (χ4v) is 1.61. The fraction of sp³-hybridized carbons (Fsp3) is 0.455. The van der Waals surface area contributed by atoms with Crippen LogP contribution in [-0.4, -0.2) is 26.7 Å². The SMILES string of the molecule is CCCC(CN)c1nc(-c2cnccn2)no1. The Bertz CT molecular complexity index is 456. The first-order valence-electron chi connectivity index (χ1n) is 5.65. The van der Waals surface area contributed by atoms with Gasteiger partial charge in [-0.05, 0) is 6.42 Å². The molecule has 0 aliphatic carbocycles. The molecule has 6 nitrogen and oxygen atoms in total. The second-order valence-electron chi connectivity index (χ2n) is 3.77. The average Bonchev–Trinajstić information content (AvgIpc) is 2.86. The minimum atomic E-state index is 0.123. The molecule has 2 aromatic heterocycles. The van der Waals surface area contributed by atoms with E-state index in [-0.39, 0.29) is 5.92 Å². The average molecular weight is 233 g/mol. The fourth-order valence-electron chi connectivity index (χ4n) is 1.61. The van der Waals surface area contributed by atoms with Crippen molar-refractivity contribution in [2.24, 2.45) is 5.73 Å². The van der Waals surface area contributed by atoms with Crippen molar-refractivity contribution in [3.63, 3.8) is 0 Å². The predicted octanol–water partition coefficient (Wildman–Crippen LogP) is 1.37. The summed E-state index contributed by atoms with van der Waals surface area (Å²) in [6.45, 7) is 2.61. The van der Waals surface area contributed by atoms with Gasteiger partial charge in [-0.2, -0.15) is 4.98 Å². The normalized spacial score (nSPS) is 12.6. The van der Waals surface area contributed by atoms with Crippen LogP contribution in [0.2, 0.25) is 0 Å². The van der Waals surface area contributed by atoms with E-state index in [1.165, 1.54) is 0 Å². The van der Waals surface area contributed by atoms with Crippen molar-refractivity contribution in [2.45, 2.75) is 25.7 Å². The van der Waals surface area contributed by atoms with Crippen molar-refractivity contribution < 1.29 is 4.52 Å². The smallest absolute Gasteiger partial charge is 0.231 e. The first-order valence-corrected chi connectivity index (χ1v) is 5.65. The number of rotatable bonds is 5. The standard InChI is InChI=1S/C11H15N5O/c1-2-3-8(6-12)11-15-10(16-17-11)9-7-13-4-5-14-9/h4-5,7-8H,2-3,6,12H2,1H3. The zero-order valence-corrected chi connectivity index (χ0v) is 9.71. The third-order valence-electron chi connectivity index (χ3n) is 2.50. The van der Waals surface area contributed by atoms with Crippen molar-refractivity contribution in [1.29, 1.82) is 0 Å². The van der Waals surface area contributed by atoms with Gasteiger partial charge in [-0.1, -0.05) is 18.5 Å². The van der Waals surface area contributed by atoms with Gasteiger partial charge in [0.25, 0.3) is 0 Å². The van der Waals surface area contributed by atoms with Gasteiger partial charge in [-0.3, -0.25) is 4.98 Å². The van der Waals surface area contributed by atoms with Gasteiger partial charge < -0.3 is 10.3 Å². The maximum Gasteiger partial charge on any atom is 0.231 e. The van der Waals surface area contributed by atoms with Crippen molar-refractivity contribution in [2.75, 3.05) is 6.54 Å². The topological polar surface area (TPSA) is 90.7 Å². The molecule has 0 saturated carbocycles. The highest BCUT2D eigenvalue weighted by Gasteiger charge is 2.17. The predicted molar refractivity (Wildman–Crippen MR) is 62.0 cm³/mol. The highest BCUT2D eigenvalue weighted by Crippen LogP contribution is 2.20. The first-order chi connectivity index (χ1) is 8.35. The Morgan fingerprint density at radius 3 is 2.94 bits per heavy atom. The van der Waals surface area contributed by atoms with E-state index in [2.05, 4.69) is 27.0 Å². The molecule has 0 bridgehead atoms. The summed E-state index contributed by atoms with van der Waals surface area (Å²) in [7, 11) is 0. The highest BCUT2D eigenvalue weighted by molar-refractivity contribution is 5.45. The van der Waals surface area contributed by atoms with E-state index in [1.54, 1.807) is 18.6 Å². The van der Waals surface area contributed by atoms with Gasteiger partial charge in [0.05, 0.1) is 12.1 Å². The van der Waals surface area contributed by atoms with E-state index in [0.29, 0.717) is 24.0 Å². The van der Waals surface area contributed by atoms with Gasteiger partial charge in [0, 0.05) is 18.9 Å². The van der Waals surface area contributed by atoms with Crippen LogP contribution >= 0.6 is 0 Å².